The van der Waals surface area contributed by atoms with E-state index in [0.29, 0.717) is 12.1 Å². The molecule has 0 aromatic carbocycles. The summed E-state index contributed by atoms with van der Waals surface area (Å²) in [6.07, 6.45) is 6.06. The first-order chi connectivity index (χ1) is 6.70. The van der Waals surface area contributed by atoms with Gasteiger partial charge in [-0.3, -0.25) is 4.90 Å². The molecule has 2 aliphatic rings. The second-order valence-corrected chi connectivity index (χ2v) is 5.16. The maximum Gasteiger partial charge on any atom is 0.0695 e. The van der Waals surface area contributed by atoms with Crippen LogP contribution in [-0.4, -0.2) is 34.7 Å². The van der Waals surface area contributed by atoms with E-state index >= 15 is 0 Å². The number of aliphatic hydroxyl groups excluding tert-OH is 1. The highest BCUT2D eigenvalue weighted by Crippen LogP contribution is 2.31. The molecule has 0 spiro atoms. The molecule has 2 unspecified atom stereocenters. The standard InChI is InChI=1S/C12H23NO/c1-9-5-4-8-13(10(9)2)11-6-3-7-12(11)14/h9-12,14H,3-8H2,1-2H3/t9?,10?,11-,12-/m0/s1. The normalized spacial score (nSPS) is 45.6. The fraction of sp³-hybridized carbons (Fsp3) is 1.00. The fourth-order valence-electron chi connectivity index (χ4n) is 3.14. The Morgan fingerprint density at radius 1 is 1.07 bits per heavy atom. The summed E-state index contributed by atoms with van der Waals surface area (Å²) in [4.78, 5) is 2.56. The zero-order chi connectivity index (χ0) is 10.1. The molecule has 1 aliphatic heterocycles. The average molecular weight is 197 g/mol. The van der Waals surface area contributed by atoms with Crippen molar-refractivity contribution in [3.05, 3.63) is 0 Å². The van der Waals surface area contributed by atoms with Crippen LogP contribution in [0.25, 0.3) is 0 Å². The van der Waals surface area contributed by atoms with Crippen LogP contribution in [0.3, 0.4) is 0 Å². The summed E-state index contributed by atoms with van der Waals surface area (Å²) >= 11 is 0. The minimum Gasteiger partial charge on any atom is -0.391 e. The summed E-state index contributed by atoms with van der Waals surface area (Å²) in [5, 5.41) is 9.90. The molecule has 1 saturated heterocycles. The molecule has 2 rings (SSSR count). The Hall–Kier alpha value is -0.0800. The van der Waals surface area contributed by atoms with Gasteiger partial charge < -0.3 is 5.11 Å². The lowest BCUT2D eigenvalue weighted by molar-refractivity contribution is 0.0114. The third-order valence-electron chi connectivity index (χ3n) is 4.29. The van der Waals surface area contributed by atoms with Gasteiger partial charge in [-0.15, -0.1) is 0 Å². The van der Waals surface area contributed by atoms with Gasteiger partial charge in [-0.1, -0.05) is 6.92 Å². The molecule has 2 fully saturated rings. The Balaban J connectivity index is 2.01. The van der Waals surface area contributed by atoms with Crippen LogP contribution in [0.2, 0.25) is 0 Å². The molecule has 2 heteroatoms. The Morgan fingerprint density at radius 2 is 1.86 bits per heavy atom. The highest BCUT2D eigenvalue weighted by Gasteiger charge is 2.36. The summed E-state index contributed by atoms with van der Waals surface area (Å²) in [5.74, 6) is 0.802. The van der Waals surface area contributed by atoms with E-state index in [-0.39, 0.29) is 6.10 Å². The minimum atomic E-state index is -0.0530. The summed E-state index contributed by atoms with van der Waals surface area (Å²) in [6.45, 7) is 5.88. The fourth-order valence-corrected chi connectivity index (χ4v) is 3.14. The van der Waals surface area contributed by atoms with E-state index in [1.807, 2.05) is 0 Å². The highest BCUT2D eigenvalue weighted by atomic mass is 16.3. The molecule has 1 aliphatic carbocycles. The molecular formula is C12H23NO. The van der Waals surface area contributed by atoms with E-state index in [9.17, 15) is 5.11 Å². The maximum absolute atomic E-state index is 9.90. The van der Waals surface area contributed by atoms with Gasteiger partial charge in [0.05, 0.1) is 6.10 Å². The second-order valence-electron chi connectivity index (χ2n) is 5.16. The predicted molar refractivity (Wildman–Crippen MR) is 58.2 cm³/mol. The summed E-state index contributed by atoms with van der Waals surface area (Å²) in [7, 11) is 0. The molecular weight excluding hydrogens is 174 g/mol. The van der Waals surface area contributed by atoms with Crippen LogP contribution in [0.5, 0.6) is 0 Å². The number of nitrogens with zero attached hydrogens (tertiary/aromatic N) is 1. The van der Waals surface area contributed by atoms with E-state index in [4.69, 9.17) is 0 Å². The monoisotopic (exact) mass is 197 g/mol. The van der Waals surface area contributed by atoms with Gasteiger partial charge >= 0.3 is 0 Å². The molecule has 2 nitrogen and oxygen atoms in total. The van der Waals surface area contributed by atoms with Crippen LogP contribution in [0, 0.1) is 5.92 Å². The lowest BCUT2D eigenvalue weighted by Crippen LogP contribution is -2.50. The van der Waals surface area contributed by atoms with Crippen molar-refractivity contribution in [2.24, 2.45) is 5.92 Å². The summed E-state index contributed by atoms with van der Waals surface area (Å²) < 4.78 is 0. The van der Waals surface area contributed by atoms with E-state index < -0.39 is 0 Å². The van der Waals surface area contributed by atoms with Crippen molar-refractivity contribution < 1.29 is 5.11 Å². The molecule has 14 heavy (non-hydrogen) atoms. The van der Waals surface area contributed by atoms with Crippen LogP contribution in [0.1, 0.15) is 46.0 Å². The Bertz CT molecular complexity index is 195. The van der Waals surface area contributed by atoms with Gasteiger partial charge in [0.2, 0.25) is 0 Å². The number of piperidine rings is 1. The van der Waals surface area contributed by atoms with Crippen molar-refractivity contribution >= 4 is 0 Å². The highest BCUT2D eigenvalue weighted by molar-refractivity contribution is 4.90. The molecule has 4 atom stereocenters. The van der Waals surface area contributed by atoms with Gasteiger partial charge in [0.15, 0.2) is 0 Å². The second kappa shape index (κ2) is 4.19. The van der Waals surface area contributed by atoms with Crippen molar-refractivity contribution in [1.29, 1.82) is 0 Å². The number of rotatable bonds is 1. The maximum atomic E-state index is 9.90. The van der Waals surface area contributed by atoms with E-state index in [1.54, 1.807) is 0 Å². The predicted octanol–water partition coefficient (Wildman–Crippen LogP) is 2.02. The molecule has 0 amide bonds. The molecule has 0 aromatic heterocycles. The van der Waals surface area contributed by atoms with E-state index in [0.717, 1.165) is 12.3 Å². The van der Waals surface area contributed by atoms with Gasteiger partial charge in [0.1, 0.15) is 0 Å². The van der Waals surface area contributed by atoms with Crippen molar-refractivity contribution in [2.75, 3.05) is 6.54 Å². The van der Waals surface area contributed by atoms with Crippen LogP contribution in [0.15, 0.2) is 0 Å². The van der Waals surface area contributed by atoms with Crippen molar-refractivity contribution in [3.63, 3.8) is 0 Å². The third kappa shape index (κ3) is 1.82. The largest absolute Gasteiger partial charge is 0.391 e. The van der Waals surface area contributed by atoms with Gasteiger partial charge in [0, 0.05) is 12.1 Å². The lowest BCUT2D eigenvalue weighted by Gasteiger charge is -2.42. The van der Waals surface area contributed by atoms with Gasteiger partial charge in [0.25, 0.3) is 0 Å². The van der Waals surface area contributed by atoms with Crippen molar-refractivity contribution in [3.8, 4) is 0 Å². The van der Waals surface area contributed by atoms with E-state index in [2.05, 4.69) is 18.7 Å². The summed E-state index contributed by atoms with van der Waals surface area (Å²) in [6, 6.07) is 1.13. The molecule has 0 radical (unpaired) electrons. The van der Waals surface area contributed by atoms with Crippen molar-refractivity contribution in [2.45, 2.75) is 64.1 Å². The van der Waals surface area contributed by atoms with Crippen molar-refractivity contribution in [1.82, 2.24) is 4.90 Å². The van der Waals surface area contributed by atoms with Gasteiger partial charge in [-0.05, 0) is 51.5 Å². The molecule has 0 aromatic rings. The first-order valence-corrected chi connectivity index (χ1v) is 6.14. The SMILES string of the molecule is CC1CCCN([C@H]2CCC[C@@H]2O)C1C. The first kappa shape index (κ1) is 10.4. The quantitative estimate of drug-likeness (QED) is 0.695. The Labute approximate surface area is 87.3 Å². The molecule has 1 saturated carbocycles. The third-order valence-corrected chi connectivity index (χ3v) is 4.29. The first-order valence-electron chi connectivity index (χ1n) is 6.14. The minimum absolute atomic E-state index is 0.0530. The van der Waals surface area contributed by atoms with E-state index in [1.165, 1.54) is 32.2 Å². The van der Waals surface area contributed by atoms with Crippen LogP contribution < -0.4 is 0 Å². The zero-order valence-electron chi connectivity index (χ0n) is 9.45. The van der Waals surface area contributed by atoms with Crippen LogP contribution in [0.4, 0.5) is 0 Å². The van der Waals surface area contributed by atoms with Gasteiger partial charge in [-0.25, -0.2) is 0 Å². The molecule has 82 valence electrons. The molecule has 1 N–H and O–H groups in total. The Kier molecular flexibility index (Phi) is 3.13. The zero-order valence-corrected chi connectivity index (χ0v) is 9.45. The number of aliphatic hydroxyl groups is 1. The number of hydrogen-bond acceptors (Lipinski definition) is 2. The smallest absolute Gasteiger partial charge is 0.0695 e. The number of likely N-dealkylation sites (tertiary alicyclic amines) is 1. The number of hydrogen-bond donors (Lipinski definition) is 1. The average Bonchev–Trinajstić information content (AvgIpc) is 2.57. The summed E-state index contributed by atoms with van der Waals surface area (Å²) in [5.41, 5.74) is 0. The Morgan fingerprint density at radius 3 is 2.50 bits per heavy atom. The van der Waals surface area contributed by atoms with Gasteiger partial charge in [-0.2, -0.15) is 0 Å². The lowest BCUT2D eigenvalue weighted by atomic mass is 9.90. The molecule has 0 bridgehead atoms. The van der Waals surface area contributed by atoms with Crippen LogP contribution >= 0.6 is 0 Å². The topological polar surface area (TPSA) is 23.5 Å². The molecule has 1 heterocycles. The van der Waals surface area contributed by atoms with Crippen LogP contribution in [-0.2, 0) is 0 Å².